The molecule has 0 aromatic heterocycles. The maximum absolute atomic E-state index is 13.1. The van der Waals surface area contributed by atoms with Gasteiger partial charge in [-0.05, 0) is 37.3 Å². The maximum Gasteiger partial charge on any atom is 0.409 e. The molecule has 4 rings (SSSR count). The van der Waals surface area contributed by atoms with Gasteiger partial charge in [-0.25, -0.2) is 4.79 Å². The number of carbonyl (C=O) groups excluding carboxylic acids is 2. The number of amides is 1. The van der Waals surface area contributed by atoms with Gasteiger partial charge in [-0.1, -0.05) is 6.07 Å². The highest BCUT2D eigenvalue weighted by Gasteiger charge is 2.57. The van der Waals surface area contributed by atoms with Crippen LogP contribution in [0.1, 0.15) is 36.8 Å². The van der Waals surface area contributed by atoms with Crippen molar-refractivity contribution >= 4 is 11.9 Å². The lowest BCUT2D eigenvalue weighted by molar-refractivity contribution is -0.130. The topological polar surface area (TPSA) is 65.1 Å². The fourth-order valence-corrected chi connectivity index (χ4v) is 4.69. The second kappa shape index (κ2) is 5.93. The first kappa shape index (κ1) is 16.2. The predicted octanol–water partition coefficient (Wildman–Crippen LogP) is 2.46. The molecule has 1 aliphatic carbocycles. The molecule has 25 heavy (non-hydrogen) atoms. The van der Waals surface area contributed by atoms with Crippen molar-refractivity contribution in [2.45, 2.75) is 43.6 Å². The minimum atomic E-state index is -0.663. The van der Waals surface area contributed by atoms with Crippen LogP contribution < -0.4 is 9.47 Å². The molecule has 1 aromatic carbocycles. The molecule has 2 aliphatic heterocycles. The van der Waals surface area contributed by atoms with Crippen LogP contribution >= 0.6 is 0 Å². The van der Waals surface area contributed by atoms with Gasteiger partial charge in [-0.2, -0.15) is 0 Å². The standard InChI is InChI=1S/C19H23NO5/c1-23-13-7-6-12-8-10-20(18(22)24-2)11-9-19-14(21)4-3-5-15(19)25-17(13)16(12)19/h6-7,15H,3-5,8-11H2,1-2H3/t15-,19+/m0/s1. The third-order valence-electron chi connectivity index (χ3n) is 5.91. The Morgan fingerprint density at radius 1 is 1.28 bits per heavy atom. The van der Waals surface area contributed by atoms with Crippen LogP contribution in [0.3, 0.4) is 0 Å². The van der Waals surface area contributed by atoms with Crippen molar-refractivity contribution in [1.82, 2.24) is 4.90 Å². The summed E-state index contributed by atoms with van der Waals surface area (Å²) in [4.78, 5) is 26.9. The van der Waals surface area contributed by atoms with Crippen LogP contribution in [0.15, 0.2) is 12.1 Å². The Morgan fingerprint density at radius 2 is 2.12 bits per heavy atom. The lowest BCUT2D eigenvalue weighted by atomic mass is 9.64. The molecule has 0 unspecified atom stereocenters. The number of methoxy groups -OCH3 is 2. The minimum Gasteiger partial charge on any atom is -0.493 e. The molecule has 134 valence electrons. The number of nitrogens with zero attached hydrogens (tertiary/aromatic N) is 1. The van der Waals surface area contributed by atoms with E-state index in [4.69, 9.17) is 14.2 Å². The van der Waals surface area contributed by atoms with E-state index in [1.54, 1.807) is 12.0 Å². The van der Waals surface area contributed by atoms with Crippen molar-refractivity contribution in [3.63, 3.8) is 0 Å². The molecule has 1 spiro atoms. The second-order valence-corrected chi connectivity index (χ2v) is 6.98. The Hall–Kier alpha value is -2.24. The fourth-order valence-electron chi connectivity index (χ4n) is 4.69. The van der Waals surface area contributed by atoms with E-state index in [0.717, 1.165) is 29.7 Å². The van der Waals surface area contributed by atoms with E-state index in [-0.39, 0.29) is 18.0 Å². The summed E-state index contributed by atoms with van der Waals surface area (Å²) in [6, 6.07) is 3.90. The Kier molecular flexibility index (Phi) is 3.85. The molecule has 0 bridgehead atoms. The average molecular weight is 345 g/mol. The Labute approximate surface area is 147 Å². The number of carbonyl (C=O) groups is 2. The number of Topliss-reactive ketones (excluding diaryl/α,β-unsaturated/α-hetero) is 1. The third-order valence-corrected chi connectivity index (χ3v) is 5.91. The smallest absolute Gasteiger partial charge is 0.409 e. The van der Waals surface area contributed by atoms with Crippen LogP contribution in [0.4, 0.5) is 4.79 Å². The van der Waals surface area contributed by atoms with E-state index in [2.05, 4.69) is 0 Å². The first-order valence-electron chi connectivity index (χ1n) is 8.85. The minimum absolute atomic E-state index is 0.170. The van der Waals surface area contributed by atoms with E-state index in [0.29, 0.717) is 38.1 Å². The summed E-state index contributed by atoms with van der Waals surface area (Å²) in [7, 11) is 3.02. The van der Waals surface area contributed by atoms with Gasteiger partial charge in [-0.15, -0.1) is 0 Å². The van der Waals surface area contributed by atoms with E-state index in [1.807, 2.05) is 12.1 Å². The van der Waals surface area contributed by atoms with Gasteiger partial charge in [0.05, 0.1) is 19.6 Å². The van der Waals surface area contributed by atoms with Crippen molar-refractivity contribution < 1.29 is 23.8 Å². The quantitative estimate of drug-likeness (QED) is 0.782. The van der Waals surface area contributed by atoms with Crippen LogP contribution in [0.5, 0.6) is 11.5 Å². The highest BCUT2D eigenvalue weighted by atomic mass is 16.5. The molecule has 6 nitrogen and oxygen atoms in total. The number of rotatable bonds is 1. The largest absolute Gasteiger partial charge is 0.493 e. The maximum atomic E-state index is 13.1. The zero-order chi connectivity index (χ0) is 17.6. The van der Waals surface area contributed by atoms with E-state index in [9.17, 15) is 9.59 Å². The first-order chi connectivity index (χ1) is 12.1. The van der Waals surface area contributed by atoms with E-state index in [1.165, 1.54) is 7.11 Å². The lowest BCUT2D eigenvalue weighted by Crippen LogP contribution is -2.52. The predicted molar refractivity (Wildman–Crippen MR) is 90.2 cm³/mol. The molecule has 1 aromatic rings. The third kappa shape index (κ3) is 2.23. The molecule has 1 saturated carbocycles. The highest BCUT2D eigenvalue weighted by Crippen LogP contribution is 2.55. The van der Waals surface area contributed by atoms with Crippen LogP contribution in [0.2, 0.25) is 0 Å². The Morgan fingerprint density at radius 3 is 2.88 bits per heavy atom. The van der Waals surface area contributed by atoms with Crippen molar-refractivity contribution in [3.05, 3.63) is 23.3 Å². The summed E-state index contributed by atoms with van der Waals surface area (Å²) in [6.45, 7) is 1.06. The molecular formula is C19H23NO5. The number of hydrogen-bond donors (Lipinski definition) is 0. The van der Waals surface area contributed by atoms with Gasteiger partial charge in [0.1, 0.15) is 11.9 Å². The van der Waals surface area contributed by atoms with Gasteiger partial charge >= 0.3 is 6.09 Å². The van der Waals surface area contributed by atoms with Crippen molar-refractivity contribution in [3.8, 4) is 11.5 Å². The zero-order valence-electron chi connectivity index (χ0n) is 14.7. The van der Waals surface area contributed by atoms with E-state index >= 15 is 0 Å². The average Bonchev–Trinajstić information content (AvgIpc) is 2.95. The normalized spacial score (nSPS) is 27.5. The Bertz CT molecular complexity index is 731. The second-order valence-electron chi connectivity index (χ2n) is 6.98. The monoisotopic (exact) mass is 345 g/mol. The SMILES string of the molecule is COC(=O)N1CCc2ccc(OC)c3c2[C@]2(CC1)C(=O)CCC[C@@H]2O3. The summed E-state index contributed by atoms with van der Waals surface area (Å²) >= 11 is 0. The molecule has 1 fully saturated rings. The van der Waals surface area contributed by atoms with Crippen LogP contribution in [-0.4, -0.2) is 50.2 Å². The van der Waals surface area contributed by atoms with Crippen molar-refractivity contribution in [1.29, 1.82) is 0 Å². The van der Waals surface area contributed by atoms with Gasteiger partial charge < -0.3 is 19.1 Å². The number of benzene rings is 1. The van der Waals surface area contributed by atoms with Crippen LogP contribution in [0.25, 0.3) is 0 Å². The summed E-state index contributed by atoms with van der Waals surface area (Å²) in [5.41, 5.74) is 1.41. The van der Waals surface area contributed by atoms with Gasteiger partial charge in [0.2, 0.25) is 0 Å². The van der Waals surface area contributed by atoms with Crippen LogP contribution in [-0.2, 0) is 21.4 Å². The van der Waals surface area contributed by atoms with E-state index < -0.39 is 5.41 Å². The molecule has 0 N–H and O–H groups in total. The molecule has 2 heterocycles. The molecule has 3 aliphatic rings. The molecular weight excluding hydrogens is 322 g/mol. The van der Waals surface area contributed by atoms with Gasteiger partial charge in [0, 0.05) is 25.1 Å². The molecule has 6 heteroatoms. The van der Waals surface area contributed by atoms with Crippen molar-refractivity contribution in [2.75, 3.05) is 27.3 Å². The molecule has 2 atom stereocenters. The molecule has 0 radical (unpaired) electrons. The first-order valence-corrected chi connectivity index (χ1v) is 8.85. The summed E-state index contributed by atoms with van der Waals surface area (Å²) in [6.07, 6.45) is 2.99. The summed E-state index contributed by atoms with van der Waals surface area (Å²) < 4.78 is 16.7. The lowest BCUT2D eigenvalue weighted by Gasteiger charge is -2.40. The van der Waals surface area contributed by atoms with Gasteiger partial charge in [-0.3, -0.25) is 4.79 Å². The van der Waals surface area contributed by atoms with Gasteiger partial charge in [0.15, 0.2) is 11.5 Å². The van der Waals surface area contributed by atoms with Gasteiger partial charge in [0.25, 0.3) is 0 Å². The number of ether oxygens (including phenoxy) is 3. The molecule has 0 saturated heterocycles. The molecule has 1 amide bonds. The highest BCUT2D eigenvalue weighted by molar-refractivity contribution is 5.94. The van der Waals surface area contributed by atoms with Crippen molar-refractivity contribution in [2.24, 2.45) is 0 Å². The number of hydrogen-bond acceptors (Lipinski definition) is 5. The summed E-state index contributed by atoms with van der Waals surface area (Å²) in [5.74, 6) is 1.64. The van der Waals surface area contributed by atoms with Crippen LogP contribution in [0, 0.1) is 0 Å². The Balaban J connectivity index is 1.86. The fraction of sp³-hybridized carbons (Fsp3) is 0.579. The summed E-state index contributed by atoms with van der Waals surface area (Å²) in [5, 5.41) is 0. The zero-order valence-corrected chi connectivity index (χ0v) is 14.7. The number of ketones is 1.